The van der Waals surface area contributed by atoms with E-state index in [4.69, 9.17) is 0 Å². The lowest BCUT2D eigenvalue weighted by molar-refractivity contribution is -0.137. The second-order valence-corrected chi connectivity index (χ2v) is 7.94. The van der Waals surface area contributed by atoms with Crippen molar-refractivity contribution in [2.45, 2.75) is 77.4 Å². The molecule has 0 spiro atoms. The molecule has 25 heavy (non-hydrogen) atoms. The van der Waals surface area contributed by atoms with Gasteiger partial charge in [0.05, 0.1) is 11.8 Å². The number of piperidine rings is 1. The van der Waals surface area contributed by atoms with Crippen LogP contribution in [-0.2, 0) is 17.8 Å². The van der Waals surface area contributed by atoms with E-state index in [9.17, 15) is 9.90 Å². The molecule has 140 valence electrons. The van der Waals surface area contributed by atoms with Crippen molar-refractivity contribution in [3.8, 4) is 0 Å². The predicted octanol–water partition coefficient (Wildman–Crippen LogP) is 2.41. The van der Waals surface area contributed by atoms with Gasteiger partial charge >= 0.3 is 0 Å². The molecule has 3 rings (SSSR count). The van der Waals surface area contributed by atoms with Crippen molar-refractivity contribution in [1.82, 2.24) is 19.9 Å². The Hall–Kier alpha value is -1.43. The molecule has 0 unspecified atom stereocenters. The number of aromatic nitrogens is 3. The molecule has 6 nitrogen and oxygen atoms in total. The number of rotatable bonds is 5. The quantitative estimate of drug-likeness (QED) is 0.830. The molecule has 2 aliphatic rings. The summed E-state index contributed by atoms with van der Waals surface area (Å²) in [6.45, 7) is 4.39. The number of likely N-dealkylation sites (tertiary alicyclic amines) is 1. The van der Waals surface area contributed by atoms with Gasteiger partial charge in [-0.25, -0.2) is 0 Å². The van der Waals surface area contributed by atoms with Crippen LogP contribution in [-0.4, -0.2) is 50.1 Å². The molecule has 1 aromatic rings. The van der Waals surface area contributed by atoms with E-state index in [1.165, 1.54) is 25.7 Å². The summed E-state index contributed by atoms with van der Waals surface area (Å²) in [5.74, 6) is 1.23. The highest BCUT2D eigenvalue weighted by molar-refractivity contribution is 5.78. The van der Waals surface area contributed by atoms with Gasteiger partial charge < -0.3 is 10.0 Å². The fourth-order valence-corrected chi connectivity index (χ4v) is 4.21. The standard InChI is InChI=1S/C19H32N4O2/c1-15(24)12-18-14-23(21-20-18)13-16-8-10-22(11-9-16)19(25)17-6-4-2-3-5-7-17/h14-17,24H,2-13H2,1H3/t15-/m0/s1. The van der Waals surface area contributed by atoms with Crippen molar-refractivity contribution in [2.24, 2.45) is 11.8 Å². The minimum absolute atomic E-state index is 0.275. The zero-order valence-electron chi connectivity index (χ0n) is 15.4. The molecule has 0 bridgehead atoms. The summed E-state index contributed by atoms with van der Waals surface area (Å²) in [5.41, 5.74) is 0.843. The minimum Gasteiger partial charge on any atom is -0.393 e. The van der Waals surface area contributed by atoms with E-state index in [1.54, 1.807) is 6.92 Å². The van der Waals surface area contributed by atoms with Crippen LogP contribution in [0.25, 0.3) is 0 Å². The van der Waals surface area contributed by atoms with Crippen LogP contribution in [0, 0.1) is 11.8 Å². The SMILES string of the molecule is C[C@H](O)Cc1cn(CC2CCN(C(=O)C3CCCCCC3)CC2)nn1. The normalized spacial score (nSPS) is 21.9. The van der Waals surface area contributed by atoms with Crippen LogP contribution in [0.4, 0.5) is 0 Å². The highest BCUT2D eigenvalue weighted by Gasteiger charge is 2.28. The second-order valence-electron chi connectivity index (χ2n) is 7.94. The van der Waals surface area contributed by atoms with Gasteiger partial charge in [0.15, 0.2) is 0 Å². The summed E-state index contributed by atoms with van der Waals surface area (Å²) < 4.78 is 1.89. The third-order valence-corrected chi connectivity index (χ3v) is 5.67. The molecule has 1 saturated heterocycles. The largest absolute Gasteiger partial charge is 0.393 e. The van der Waals surface area contributed by atoms with Gasteiger partial charge in [0, 0.05) is 38.2 Å². The first-order valence-corrected chi connectivity index (χ1v) is 9.97. The van der Waals surface area contributed by atoms with E-state index >= 15 is 0 Å². The number of aliphatic hydroxyl groups excluding tert-OH is 1. The Morgan fingerprint density at radius 1 is 1.20 bits per heavy atom. The van der Waals surface area contributed by atoms with Gasteiger partial charge in [-0.2, -0.15) is 0 Å². The maximum atomic E-state index is 12.8. The van der Waals surface area contributed by atoms with Crippen LogP contribution in [0.1, 0.15) is 64.0 Å². The Kier molecular flexibility index (Phi) is 6.45. The van der Waals surface area contributed by atoms with E-state index in [0.29, 0.717) is 18.2 Å². The van der Waals surface area contributed by atoms with Gasteiger partial charge in [0.25, 0.3) is 0 Å². The summed E-state index contributed by atoms with van der Waals surface area (Å²) in [7, 11) is 0. The summed E-state index contributed by atoms with van der Waals surface area (Å²) >= 11 is 0. The number of carbonyl (C=O) groups is 1. The zero-order valence-corrected chi connectivity index (χ0v) is 15.4. The summed E-state index contributed by atoms with van der Waals surface area (Å²) in [4.78, 5) is 14.9. The smallest absolute Gasteiger partial charge is 0.225 e. The van der Waals surface area contributed by atoms with Crippen LogP contribution < -0.4 is 0 Å². The average molecular weight is 348 g/mol. The number of carbonyl (C=O) groups excluding carboxylic acids is 1. The van der Waals surface area contributed by atoms with Crippen molar-refractivity contribution < 1.29 is 9.90 Å². The van der Waals surface area contributed by atoms with Gasteiger partial charge in [0.2, 0.25) is 5.91 Å². The molecular weight excluding hydrogens is 316 g/mol. The highest BCUT2D eigenvalue weighted by Crippen LogP contribution is 2.27. The first-order valence-electron chi connectivity index (χ1n) is 9.97. The van der Waals surface area contributed by atoms with Crippen LogP contribution in [0.3, 0.4) is 0 Å². The van der Waals surface area contributed by atoms with Gasteiger partial charge in [-0.05, 0) is 38.5 Å². The summed E-state index contributed by atoms with van der Waals surface area (Å²) in [5, 5.41) is 17.7. The lowest BCUT2D eigenvalue weighted by atomic mass is 9.93. The lowest BCUT2D eigenvalue weighted by Gasteiger charge is -2.34. The first kappa shape index (κ1) is 18.4. The molecule has 1 amide bonds. The van der Waals surface area contributed by atoms with E-state index in [1.807, 2.05) is 10.9 Å². The second kappa shape index (κ2) is 8.79. The number of nitrogens with zero attached hydrogens (tertiary/aromatic N) is 4. The fourth-order valence-electron chi connectivity index (χ4n) is 4.21. The Bertz CT molecular complexity index is 541. The topological polar surface area (TPSA) is 71.2 Å². The lowest BCUT2D eigenvalue weighted by Crippen LogP contribution is -2.42. The van der Waals surface area contributed by atoms with Gasteiger partial charge in [-0.3, -0.25) is 9.48 Å². The third-order valence-electron chi connectivity index (χ3n) is 5.67. The maximum absolute atomic E-state index is 12.8. The Labute approximate surface area is 150 Å². The molecule has 6 heteroatoms. The number of aliphatic hydroxyl groups is 1. The zero-order chi connectivity index (χ0) is 17.6. The molecule has 1 N–H and O–H groups in total. The van der Waals surface area contributed by atoms with Gasteiger partial charge in [-0.1, -0.05) is 30.9 Å². The molecule has 0 radical (unpaired) electrons. The van der Waals surface area contributed by atoms with E-state index in [-0.39, 0.29) is 12.0 Å². The van der Waals surface area contributed by atoms with Crippen molar-refractivity contribution in [2.75, 3.05) is 13.1 Å². The first-order chi connectivity index (χ1) is 12.1. The van der Waals surface area contributed by atoms with E-state index in [0.717, 1.165) is 51.0 Å². The Balaban J connectivity index is 1.45. The predicted molar refractivity (Wildman–Crippen MR) is 95.9 cm³/mol. The van der Waals surface area contributed by atoms with E-state index in [2.05, 4.69) is 15.2 Å². The summed E-state index contributed by atoms with van der Waals surface area (Å²) in [6.07, 6.45) is 11.4. The average Bonchev–Trinajstić information content (AvgIpc) is 2.85. The molecule has 1 saturated carbocycles. The van der Waals surface area contributed by atoms with Gasteiger partial charge in [-0.15, -0.1) is 5.10 Å². The summed E-state index contributed by atoms with van der Waals surface area (Å²) in [6, 6.07) is 0. The molecule has 2 heterocycles. The van der Waals surface area contributed by atoms with Crippen molar-refractivity contribution in [3.05, 3.63) is 11.9 Å². The molecule has 1 aliphatic carbocycles. The monoisotopic (exact) mass is 348 g/mol. The number of amides is 1. The van der Waals surface area contributed by atoms with Gasteiger partial charge in [0.1, 0.15) is 0 Å². The Morgan fingerprint density at radius 2 is 1.88 bits per heavy atom. The molecule has 1 aromatic heterocycles. The van der Waals surface area contributed by atoms with Crippen LogP contribution in [0.2, 0.25) is 0 Å². The van der Waals surface area contributed by atoms with E-state index < -0.39 is 0 Å². The molecular formula is C19H32N4O2. The van der Waals surface area contributed by atoms with Crippen molar-refractivity contribution in [1.29, 1.82) is 0 Å². The van der Waals surface area contributed by atoms with Crippen LogP contribution in [0.5, 0.6) is 0 Å². The van der Waals surface area contributed by atoms with Crippen molar-refractivity contribution in [3.63, 3.8) is 0 Å². The molecule has 0 aromatic carbocycles. The van der Waals surface area contributed by atoms with Crippen molar-refractivity contribution >= 4 is 5.91 Å². The number of hydrogen-bond donors (Lipinski definition) is 1. The maximum Gasteiger partial charge on any atom is 0.225 e. The van der Waals surface area contributed by atoms with Crippen LogP contribution >= 0.6 is 0 Å². The molecule has 2 fully saturated rings. The highest BCUT2D eigenvalue weighted by atomic mass is 16.3. The molecule has 1 atom stereocenters. The minimum atomic E-state index is -0.386. The Morgan fingerprint density at radius 3 is 2.52 bits per heavy atom. The third kappa shape index (κ3) is 5.27. The fraction of sp³-hybridized carbons (Fsp3) is 0.842. The van der Waals surface area contributed by atoms with Crippen LogP contribution in [0.15, 0.2) is 6.20 Å². The molecule has 1 aliphatic heterocycles. The number of hydrogen-bond acceptors (Lipinski definition) is 4.